The Hall–Kier alpha value is -2.11. The first kappa shape index (κ1) is 16.3. The Morgan fingerprint density at radius 1 is 1.55 bits per heavy atom. The Bertz CT molecular complexity index is 503. The fourth-order valence-electron chi connectivity index (χ4n) is 2.59. The number of guanidine groups is 1. The summed E-state index contributed by atoms with van der Waals surface area (Å²) in [7, 11) is 1.77. The van der Waals surface area contributed by atoms with Crippen LogP contribution in [0.5, 0.6) is 0 Å². The summed E-state index contributed by atoms with van der Waals surface area (Å²) in [5.74, 6) is 1.02. The summed E-state index contributed by atoms with van der Waals surface area (Å²) in [6, 6.07) is 4.29. The van der Waals surface area contributed by atoms with Crippen LogP contribution in [-0.4, -0.2) is 54.5 Å². The lowest BCUT2D eigenvalue weighted by Gasteiger charge is -2.18. The molecule has 1 aliphatic rings. The summed E-state index contributed by atoms with van der Waals surface area (Å²) < 4.78 is 0. The second-order valence-corrected chi connectivity index (χ2v) is 5.43. The predicted octanol–water partition coefficient (Wildman–Crippen LogP) is 0.800. The van der Waals surface area contributed by atoms with Crippen molar-refractivity contribution >= 4 is 11.9 Å². The van der Waals surface area contributed by atoms with E-state index in [1.807, 2.05) is 24.1 Å². The Morgan fingerprint density at radius 2 is 2.41 bits per heavy atom. The van der Waals surface area contributed by atoms with Gasteiger partial charge in [0.05, 0.1) is 0 Å². The number of carbonyl (C=O) groups is 1. The van der Waals surface area contributed by atoms with Crippen molar-refractivity contribution < 1.29 is 4.79 Å². The van der Waals surface area contributed by atoms with E-state index in [-0.39, 0.29) is 11.9 Å². The van der Waals surface area contributed by atoms with Crippen molar-refractivity contribution in [2.45, 2.75) is 32.2 Å². The SMILES string of the molecule is CCC(=O)N1CCC(NC(=NC)NCCc2cccnc2)C1. The summed E-state index contributed by atoms with van der Waals surface area (Å²) in [4.78, 5) is 22.0. The highest BCUT2D eigenvalue weighted by Crippen LogP contribution is 2.10. The molecule has 1 unspecified atom stereocenters. The Kier molecular flexibility index (Phi) is 6.18. The third kappa shape index (κ3) is 4.72. The average molecular weight is 303 g/mol. The van der Waals surface area contributed by atoms with Gasteiger partial charge >= 0.3 is 0 Å². The minimum Gasteiger partial charge on any atom is -0.356 e. The number of rotatable bonds is 5. The molecule has 1 amide bonds. The van der Waals surface area contributed by atoms with Gasteiger partial charge in [-0.2, -0.15) is 0 Å². The third-order valence-electron chi connectivity index (χ3n) is 3.84. The van der Waals surface area contributed by atoms with E-state index in [1.165, 1.54) is 5.56 Å². The molecule has 1 saturated heterocycles. The van der Waals surface area contributed by atoms with Crippen LogP contribution in [0.4, 0.5) is 0 Å². The molecule has 1 aliphatic heterocycles. The predicted molar refractivity (Wildman–Crippen MR) is 87.7 cm³/mol. The minimum atomic E-state index is 0.226. The second kappa shape index (κ2) is 8.36. The zero-order valence-electron chi connectivity index (χ0n) is 13.4. The molecule has 1 fully saturated rings. The first-order chi connectivity index (χ1) is 10.7. The smallest absolute Gasteiger partial charge is 0.222 e. The summed E-state index contributed by atoms with van der Waals surface area (Å²) in [5.41, 5.74) is 1.20. The Balaban J connectivity index is 1.73. The van der Waals surface area contributed by atoms with Crippen molar-refractivity contribution in [1.82, 2.24) is 20.5 Å². The molecule has 0 saturated carbocycles. The number of aliphatic imine (C=N–C) groups is 1. The van der Waals surface area contributed by atoms with Crippen LogP contribution in [0, 0.1) is 0 Å². The van der Waals surface area contributed by atoms with Gasteiger partial charge in [0.1, 0.15) is 0 Å². The van der Waals surface area contributed by atoms with Gasteiger partial charge in [0.15, 0.2) is 5.96 Å². The van der Waals surface area contributed by atoms with Gasteiger partial charge in [-0.05, 0) is 24.5 Å². The lowest BCUT2D eigenvalue weighted by atomic mass is 10.2. The van der Waals surface area contributed by atoms with E-state index < -0.39 is 0 Å². The van der Waals surface area contributed by atoms with Crippen molar-refractivity contribution in [3.63, 3.8) is 0 Å². The zero-order valence-corrected chi connectivity index (χ0v) is 13.4. The van der Waals surface area contributed by atoms with Gasteiger partial charge in [0.2, 0.25) is 5.91 Å². The lowest BCUT2D eigenvalue weighted by Crippen LogP contribution is -2.45. The largest absolute Gasteiger partial charge is 0.356 e. The highest BCUT2D eigenvalue weighted by molar-refractivity contribution is 5.80. The van der Waals surface area contributed by atoms with Gasteiger partial charge in [0, 0.05) is 51.5 Å². The molecule has 0 bridgehead atoms. The lowest BCUT2D eigenvalue weighted by molar-refractivity contribution is -0.129. The molecule has 1 atom stereocenters. The fourth-order valence-corrected chi connectivity index (χ4v) is 2.59. The number of amides is 1. The van der Waals surface area contributed by atoms with Crippen molar-refractivity contribution in [2.75, 3.05) is 26.7 Å². The van der Waals surface area contributed by atoms with Crippen LogP contribution in [0.15, 0.2) is 29.5 Å². The van der Waals surface area contributed by atoms with Gasteiger partial charge < -0.3 is 15.5 Å². The van der Waals surface area contributed by atoms with Crippen LogP contribution in [0.25, 0.3) is 0 Å². The van der Waals surface area contributed by atoms with Crippen LogP contribution >= 0.6 is 0 Å². The number of carbonyl (C=O) groups excluding carboxylic acids is 1. The highest BCUT2D eigenvalue weighted by atomic mass is 16.2. The summed E-state index contributed by atoms with van der Waals surface area (Å²) in [6.45, 7) is 4.30. The van der Waals surface area contributed by atoms with E-state index in [4.69, 9.17) is 0 Å². The van der Waals surface area contributed by atoms with Crippen LogP contribution in [0.1, 0.15) is 25.3 Å². The standard InChI is InChI=1S/C16H25N5O/c1-3-15(22)21-10-7-14(12-21)20-16(17-2)19-9-6-13-5-4-8-18-11-13/h4-5,8,11,14H,3,6-7,9-10,12H2,1-2H3,(H2,17,19,20). The molecule has 6 heteroatoms. The molecule has 2 rings (SSSR count). The number of aromatic nitrogens is 1. The normalized spacial score (nSPS) is 18.4. The molecule has 120 valence electrons. The van der Waals surface area contributed by atoms with Gasteiger partial charge in [0.25, 0.3) is 0 Å². The number of nitrogens with one attached hydrogen (secondary N) is 2. The van der Waals surface area contributed by atoms with Crippen molar-refractivity contribution in [1.29, 1.82) is 0 Å². The molecule has 0 aromatic carbocycles. The molecular weight excluding hydrogens is 278 g/mol. The topological polar surface area (TPSA) is 69.6 Å². The van der Waals surface area contributed by atoms with E-state index in [0.29, 0.717) is 6.42 Å². The van der Waals surface area contributed by atoms with E-state index in [2.05, 4.69) is 26.7 Å². The molecule has 6 nitrogen and oxygen atoms in total. The summed E-state index contributed by atoms with van der Waals surface area (Å²) in [5, 5.41) is 6.70. The quantitative estimate of drug-likeness (QED) is 0.623. The van der Waals surface area contributed by atoms with Crippen LogP contribution in [0.2, 0.25) is 0 Å². The van der Waals surface area contributed by atoms with Gasteiger partial charge in [-0.3, -0.25) is 14.8 Å². The molecule has 1 aromatic rings. The molecule has 0 radical (unpaired) electrons. The van der Waals surface area contributed by atoms with Crippen molar-refractivity contribution in [3.8, 4) is 0 Å². The van der Waals surface area contributed by atoms with Crippen LogP contribution in [0.3, 0.4) is 0 Å². The maximum absolute atomic E-state index is 11.7. The molecular formula is C16H25N5O. The maximum atomic E-state index is 11.7. The van der Waals surface area contributed by atoms with Crippen LogP contribution in [-0.2, 0) is 11.2 Å². The highest BCUT2D eigenvalue weighted by Gasteiger charge is 2.25. The number of pyridine rings is 1. The number of hydrogen-bond acceptors (Lipinski definition) is 3. The van der Waals surface area contributed by atoms with E-state index >= 15 is 0 Å². The number of hydrogen-bond donors (Lipinski definition) is 2. The second-order valence-electron chi connectivity index (χ2n) is 5.43. The Morgan fingerprint density at radius 3 is 3.09 bits per heavy atom. The molecule has 22 heavy (non-hydrogen) atoms. The minimum absolute atomic E-state index is 0.226. The van der Waals surface area contributed by atoms with Gasteiger partial charge in [-0.1, -0.05) is 13.0 Å². The first-order valence-electron chi connectivity index (χ1n) is 7.86. The van der Waals surface area contributed by atoms with Crippen LogP contribution < -0.4 is 10.6 Å². The molecule has 2 N–H and O–H groups in total. The average Bonchev–Trinajstić information content (AvgIpc) is 3.02. The van der Waals surface area contributed by atoms with E-state index in [1.54, 1.807) is 13.2 Å². The molecule has 2 heterocycles. The zero-order chi connectivity index (χ0) is 15.8. The number of likely N-dealkylation sites (tertiary alicyclic amines) is 1. The van der Waals surface area contributed by atoms with Gasteiger partial charge in [-0.15, -0.1) is 0 Å². The van der Waals surface area contributed by atoms with Crippen molar-refractivity contribution in [3.05, 3.63) is 30.1 Å². The molecule has 1 aromatic heterocycles. The fraction of sp³-hybridized carbons (Fsp3) is 0.562. The summed E-state index contributed by atoms with van der Waals surface area (Å²) in [6.07, 6.45) is 6.10. The van der Waals surface area contributed by atoms with E-state index in [0.717, 1.165) is 38.4 Å². The monoisotopic (exact) mass is 303 g/mol. The van der Waals surface area contributed by atoms with Gasteiger partial charge in [-0.25, -0.2) is 0 Å². The first-order valence-corrected chi connectivity index (χ1v) is 7.86. The van der Waals surface area contributed by atoms with Crippen molar-refractivity contribution in [2.24, 2.45) is 4.99 Å². The van der Waals surface area contributed by atoms with E-state index in [9.17, 15) is 4.79 Å². The molecule has 0 spiro atoms. The maximum Gasteiger partial charge on any atom is 0.222 e. The molecule has 0 aliphatic carbocycles. The third-order valence-corrected chi connectivity index (χ3v) is 3.84. The Labute approximate surface area is 132 Å². The number of nitrogens with zero attached hydrogens (tertiary/aromatic N) is 3. The summed E-state index contributed by atoms with van der Waals surface area (Å²) >= 11 is 0.